The minimum atomic E-state index is -0.999. The minimum absolute atomic E-state index is 0.426. The summed E-state index contributed by atoms with van der Waals surface area (Å²) in [5.41, 5.74) is 0.105. The second kappa shape index (κ2) is 5.37. The van der Waals surface area contributed by atoms with Crippen molar-refractivity contribution in [3.63, 3.8) is 0 Å². The molecule has 18 heavy (non-hydrogen) atoms. The van der Waals surface area contributed by atoms with Crippen molar-refractivity contribution < 1.29 is 9.52 Å². The van der Waals surface area contributed by atoms with Gasteiger partial charge in [0.1, 0.15) is 11.4 Å². The summed E-state index contributed by atoms with van der Waals surface area (Å²) in [5, 5.41) is 17.7. The first-order chi connectivity index (χ1) is 8.63. The molecular formula is C13H19N3O2. The zero-order valence-corrected chi connectivity index (χ0v) is 10.8. The minimum Gasteiger partial charge on any atom is -0.466 e. The van der Waals surface area contributed by atoms with E-state index in [1.54, 1.807) is 31.5 Å². The Bertz CT molecular complexity index is 474. The van der Waals surface area contributed by atoms with Gasteiger partial charge in [0.15, 0.2) is 0 Å². The molecule has 5 nitrogen and oxygen atoms in total. The predicted molar refractivity (Wildman–Crippen MR) is 67.9 cm³/mol. The third-order valence-corrected chi connectivity index (χ3v) is 2.93. The maximum Gasteiger partial charge on any atom is 0.136 e. The van der Waals surface area contributed by atoms with Crippen LogP contribution in [-0.2, 0) is 18.7 Å². The molecule has 0 aliphatic rings. The van der Waals surface area contributed by atoms with Crippen LogP contribution in [0.1, 0.15) is 25.3 Å². The fourth-order valence-electron chi connectivity index (χ4n) is 1.90. The summed E-state index contributed by atoms with van der Waals surface area (Å²) in [6, 6.07) is 5.52. The standard InChI is InChI=1S/C13H19N3O2/c1-3-16-11(6-7-15-16)9-14-10-13(2,17)12-5-4-8-18-12/h4-8,14,17H,3,9-10H2,1-2H3. The zero-order chi connectivity index (χ0) is 13.0. The van der Waals surface area contributed by atoms with Crippen molar-refractivity contribution in [2.45, 2.75) is 32.5 Å². The molecular weight excluding hydrogens is 230 g/mol. The molecule has 2 N–H and O–H groups in total. The van der Waals surface area contributed by atoms with Crippen LogP contribution in [0.4, 0.5) is 0 Å². The SMILES string of the molecule is CCn1nccc1CNCC(C)(O)c1ccco1. The van der Waals surface area contributed by atoms with Gasteiger partial charge in [0.25, 0.3) is 0 Å². The van der Waals surface area contributed by atoms with Crippen LogP contribution >= 0.6 is 0 Å². The van der Waals surface area contributed by atoms with Crippen LogP contribution in [0, 0.1) is 0 Å². The Morgan fingerprint density at radius 3 is 3.00 bits per heavy atom. The summed E-state index contributed by atoms with van der Waals surface area (Å²) in [4.78, 5) is 0. The first kappa shape index (κ1) is 12.9. The lowest BCUT2D eigenvalue weighted by Gasteiger charge is -2.21. The van der Waals surface area contributed by atoms with Gasteiger partial charge in [0, 0.05) is 25.8 Å². The number of aliphatic hydroxyl groups is 1. The molecule has 0 fully saturated rings. The molecule has 0 radical (unpaired) electrons. The van der Waals surface area contributed by atoms with E-state index in [9.17, 15) is 5.11 Å². The second-order valence-corrected chi connectivity index (χ2v) is 4.49. The van der Waals surface area contributed by atoms with Gasteiger partial charge in [-0.15, -0.1) is 0 Å². The average molecular weight is 249 g/mol. The summed E-state index contributed by atoms with van der Waals surface area (Å²) in [7, 11) is 0. The molecule has 2 heterocycles. The molecule has 98 valence electrons. The summed E-state index contributed by atoms with van der Waals surface area (Å²) in [6.07, 6.45) is 3.35. The van der Waals surface area contributed by atoms with Crippen LogP contribution in [0.2, 0.25) is 0 Å². The van der Waals surface area contributed by atoms with Crippen molar-refractivity contribution in [2.24, 2.45) is 0 Å². The fourth-order valence-corrected chi connectivity index (χ4v) is 1.90. The van der Waals surface area contributed by atoms with Crippen LogP contribution in [0.15, 0.2) is 35.1 Å². The Kier molecular flexibility index (Phi) is 3.84. The molecule has 0 saturated heterocycles. The van der Waals surface area contributed by atoms with Crippen molar-refractivity contribution in [1.82, 2.24) is 15.1 Å². The summed E-state index contributed by atoms with van der Waals surface area (Å²) >= 11 is 0. The third-order valence-electron chi connectivity index (χ3n) is 2.93. The monoisotopic (exact) mass is 249 g/mol. The Hall–Kier alpha value is -1.59. The molecule has 0 spiro atoms. The molecule has 2 aromatic rings. The van der Waals surface area contributed by atoms with E-state index in [1.807, 2.05) is 10.7 Å². The number of aromatic nitrogens is 2. The number of hydrogen-bond acceptors (Lipinski definition) is 4. The number of rotatable bonds is 6. The van der Waals surface area contributed by atoms with Crippen molar-refractivity contribution in [1.29, 1.82) is 0 Å². The molecule has 2 rings (SSSR count). The highest BCUT2D eigenvalue weighted by molar-refractivity contribution is 5.09. The van der Waals surface area contributed by atoms with E-state index in [4.69, 9.17) is 4.42 Å². The number of hydrogen-bond donors (Lipinski definition) is 2. The van der Waals surface area contributed by atoms with Crippen LogP contribution in [0.5, 0.6) is 0 Å². The van der Waals surface area contributed by atoms with Gasteiger partial charge >= 0.3 is 0 Å². The van der Waals surface area contributed by atoms with Gasteiger partial charge in [0.2, 0.25) is 0 Å². The first-order valence-electron chi connectivity index (χ1n) is 6.11. The molecule has 0 aliphatic heterocycles. The lowest BCUT2D eigenvalue weighted by molar-refractivity contribution is 0.0339. The van der Waals surface area contributed by atoms with Crippen LogP contribution in [0.25, 0.3) is 0 Å². The Balaban J connectivity index is 1.89. The van der Waals surface area contributed by atoms with E-state index >= 15 is 0 Å². The molecule has 0 bridgehead atoms. The highest BCUT2D eigenvalue weighted by atomic mass is 16.4. The maximum absolute atomic E-state index is 10.3. The van der Waals surface area contributed by atoms with Crippen molar-refractivity contribution in [3.8, 4) is 0 Å². The molecule has 5 heteroatoms. The summed E-state index contributed by atoms with van der Waals surface area (Å²) in [5.74, 6) is 0.569. The zero-order valence-electron chi connectivity index (χ0n) is 10.8. The van der Waals surface area contributed by atoms with Gasteiger partial charge in [0.05, 0.1) is 12.0 Å². The molecule has 0 saturated carbocycles. The Labute approximate surface area is 106 Å². The lowest BCUT2D eigenvalue weighted by atomic mass is 10.0. The van der Waals surface area contributed by atoms with E-state index in [0.29, 0.717) is 18.8 Å². The van der Waals surface area contributed by atoms with E-state index in [-0.39, 0.29) is 0 Å². The van der Waals surface area contributed by atoms with E-state index in [0.717, 1.165) is 12.2 Å². The lowest BCUT2D eigenvalue weighted by Crippen LogP contribution is -2.35. The molecule has 1 unspecified atom stereocenters. The number of nitrogens with one attached hydrogen (secondary N) is 1. The Morgan fingerprint density at radius 1 is 1.50 bits per heavy atom. The van der Waals surface area contributed by atoms with Gasteiger partial charge in [-0.2, -0.15) is 5.10 Å². The molecule has 0 amide bonds. The van der Waals surface area contributed by atoms with Gasteiger partial charge < -0.3 is 14.8 Å². The molecule has 0 aliphatic carbocycles. The molecule has 0 aromatic carbocycles. The van der Waals surface area contributed by atoms with Crippen LogP contribution in [0.3, 0.4) is 0 Å². The topological polar surface area (TPSA) is 63.2 Å². The highest BCUT2D eigenvalue weighted by Gasteiger charge is 2.25. The summed E-state index contributed by atoms with van der Waals surface area (Å²) in [6.45, 7) is 5.73. The Morgan fingerprint density at radius 2 is 2.33 bits per heavy atom. The summed E-state index contributed by atoms with van der Waals surface area (Å²) < 4.78 is 7.15. The quantitative estimate of drug-likeness (QED) is 0.814. The average Bonchev–Trinajstić information content (AvgIpc) is 2.99. The first-order valence-corrected chi connectivity index (χ1v) is 6.11. The van der Waals surface area contributed by atoms with Crippen molar-refractivity contribution in [2.75, 3.05) is 6.54 Å². The normalized spacial score (nSPS) is 14.6. The van der Waals surface area contributed by atoms with Crippen LogP contribution in [-0.4, -0.2) is 21.4 Å². The van der Waals surface area contributed by atoms with Crippen LogP contribution < -0.4 is 5.32 Å². The number of furan rings is 1. The van der Waals surface area contributed by atoms with Crippen molar-refractivity contribution >= 4 is 0 Å². The predicted octanol–water partition coefficient (Wildman–Crippen LogP) is 1.49. The molecule has 1 atom stereocenters. The van der Waals surface area contributed by atoms with E-state index in [2.05, 4.69) is 17.3 Å². The second-order valence-electron chi connectivity index (χ2n) is 4.49. The van der Waals surface area contributed by atoms with Gasteiger partial charge in [-0.25, -0.2) is 0 Å². The fraction of sp³-hybridized carbons (Fsp3) is 0.462. The number of aryl methyl sites for hydroxylation is 1. The highest BCUT2D eigenvalue weighted by Crippen LogP contribution is 2.19. The smallest absolute Gasteiger partial charge is 0.136 e. The van der Waals surface area contributed by atoms with Gasteiger partial charge in [-0.05, 0) is 32.0 Å². The van der Waals surface area contributed by atoms with E-state index in [1.165, 1.54) is 0 Å². The maximum atomic E-state index is 10.3. The largest absolute Gasteiger partial charge is 0.466 e. The third kappa shape index (κ3) is 2.80. The van der Waals surface area contributed by atoms with Gasteiger partial charge in [-0.1, -0.05) is 0 Å². The van der Waals surface area contributed by atoms with Gasteiger partial charge in [-0.3, -0.25) is 4.68 Å². The van der Waals surface area contributed by atoms with Crippen molar-refractivity contribution in [3.05, 3.63) is 42.1 Å². The van der Waals surface area contributed by atoms with E-state index < -0.39 is 5.60 Å². The number of nitrogens with zero attached hydrogens (tertiary/aromatic N) is 2. The molecule has 2 aromatic heterocycles.